The van der Waals surface area contributed by atoms with Gasteiger partial charge < -0.3 is 19.7 Å². The molecule has 4 amide bonds. The van der Waals surface area contributed by atoms with Crippen LogP contribution in [0.5, 0.6) is 11.5 Å². The molecule has 2 aromatic rings. The molecule has 5 rings (SSSR count). The first kappa shape index (κ1) is 24.1. The Morgan fingerprint density at radius 3 is 2.61 bits per heavy atom. The minimum Gasteiger partial charge on any atom is -0.486 e. The number of carbonyl (C=O) groups excluding carboxylic acids is 3. The molecule has 0 spiro atoms. The van der Waals surface area contributed by atoms with Gasteiger partial charge >= 0.3 is 6.03 Å². The van der Waals surface area contributed by atoms with Crippen LogP contribution in [0.25, 0.3) is 0 Å². The van der Waals surface area contributed by atoms with Crippen LogP contribution in [-0.4, -0.2) is 53.9 Å². The van der Waals surface area contributed by atoms with Crippen LogP contribution in [0, 0.1) is 5.82 Å². The fraction of sp³-hybridized carbons (Fsp3) is 0.444. The van der Waals surface area contributed by atoms with Gasteiger partial charge in [0.1, 0.15) is 31.1 Å². The second kappa shape index (κ2) is 9.79. The van der Waals surface area contributed by atoms with Gasteiger partial charge in [0.15, 0.2) is 11.5 Å². The molecule has 0 saturated carbocycles. The Labute approximate surface area is 209 Å². The lowest BCUT2D eigenvalue weighted by Gasteiger charge is -2.29. The second-order valence-corrected chi connectivity index (χ2v) is 9.49. The SMILES string of the molecule is CCCC[C@@]1(c2ccc(F)cc2)NC(=O)N(CC(=O)N2CCC[C@H]2c2ccc3c(c2)OCCO3)C1=O. The number of ether oxygens (including phenoxy) is 2. The van der Waals surface area contributed by atoms with Gasteiger partial charge in [-0.05, 0) is 54.7 Å². The molecule has 2 aromatic carbocycles. The fourth-order valence-electron chi connectivity index (χ4n) is 5.36. The van der Waals surface area contributed by atoms with Crippen molar-refractivity contribution in [2.75, 3.05) is 26.3 Å². The summed E-state index contributed by atoms with van der Waals surface area (Å²) in [4.78, 5) is 42.8. The molecule has 3 aliphatic rings. The van der Waals surface area contributed by atoms with Crippen molar-refractivity contribution in [1.29, 1.82) is 0 Å². The Bertz CT molecular complexity index is 1170. The molecular formula is C27H30FN3O5. The summed E-state index contributed by atoms with van der Waals surface area (Å²) < 4.78 is 24.9. The molecule has 0 aromatic heterocycles. The standard InChI is InChI=1S/C27H30FN3O5/c1-2-3-12-27(19-7-9-20(28)10-8-19)25(33)31(26(34)29-27)17-24(32)30-13-4-5-21(30)18-6-11-22-23(16-18)36-15-14-35-22/h6-11,16,21H,2-5,12-15,17H2,1H3,(H,29,34)/t21-,27-/m0/s1. The number of urea groups is 1. The highest BCUT2D eigenvalue weighted by Crippen LogP contribution is 2.39. The first-order valence-electron chi connectivity index (χ1n) is 12.5. The van der Waals surface area contributed by atoms with Crippen molar-refractivity contribution in [2.24, 2.45) is 0 Å². The Hall–Kier alpha value is -3.62. The van der Waals surface area contributed by atoms with Gasteiger partial charge in [0.25, 0.3) is 5.91 Å². The highest BCUT2D eigenvalue weighted by Gasteiger charge is 2.52. The lowest BCUT2D eigenvalue weighted by atomic mass is 9.85. The van der Waals surface area contributed by atoms with Gasteiger partial charge in [0, 0.05) is 6.54 Å². The van der Waals surface area contributed by atoms with E-state index in [0.29, 0.717) is 49.7 Å². The third kappa shape index (κ3) is 4.27. The third-order valence-corrected chi connectivity index (χ3v) is 7.24. The largest absolute Gasteiger partial charge is 0.486 e. The second-order valence-electron chi connectivity index (χ2n) is 9.49. The van der Waals surface area contributed by atoms with Crippen molar-refractivity contribution in [3.05, 3.63) is 59.4 Å². The molecular weight excluding hydrogens is 465 g/mol. The number of likely N-dealkylation sites (tertiary alicyclic amines) is 1. The number of fused-ring (bicyclic) bond motifs is 1. The van der Waals surface area contributed by atoms with E-state index in [4.69, 9.17) is 9.47 Å². The highest BCUT2D eigenvalue weighted by atomic mass is 19.1. The molecule has 3 heterocycles. The maximum atomic E-state index is 13.6. The zero-order valence-electron chi connectivity index (χ0n) is 20.3. The van der Waals surface area contributed by atoms with E-state index in [2.05, 4.69) is 5.32 Å². The van der Waals surface area contributed by atoms with Crippen LogP contribution in [0.1, 0.15) is 56.2 Å². The summed E-state index contributed by atoms with van der Waals surface area (Å²) >= 11 is 0. The number of amides is 4. The van der Waals surface area contributed by atoms with Gasteiger partial charge in [0.2, 0.25) is 5.91 Å². The summed E-state index contributed by atoms with van der Waals surface area (Å²) in [6.45, 7) is 3.17. The van der Waals surface area contributed by atoms with Crippen LogP contribution in [0.4, 0.5) is 9.18 Å². The molecule has 0 aliphatic carbocycles. The predicted octanol–water partition coefficient (Wildman–Crippen LogP) is 3.90. The number of carbonyl (C=O) groups is 3. The number of hydrogen-bond acceptors (Lipinski definition) is 5. The minimum atomic E-state index is -1.30. The Kier molecular flexibility index (Phi) is 6.55. The van der Waals surface area contributed by atoms with Crippen molar-refractivity contribution < 1.29 is 28.2 Å². The monoisotopic (exact) mass is 495 g/mol. The normalized spacial score (nSPS) is 23.2. The van der Waals surface area contributed by atoms with Crippen LogP contribution >= 0.6 is 0 Å². The van der Waals surface area contributed by atoms with E-state index >= 15 is 0 Å². The summed E-state index contributed by atoms with van der Waals surface area (Å²) in [6.07, 6.45) is 3.47. The zero-order valence-corrected chi connectivity index (χ0v) is 20.3. The average Bonchev–Trinajstić information content (AvgIpc) is 3.47. The number of nitrogens with one attached hydrogen (secondary N) is 1. The number of halogens is 1. The number of unbranched alkanes of at least 4 members (excludes halogenated alkanes) is 1. The van der Waals surface area contributed by atoms with Gasteiger partial charge in [-0.15, -0.1) is 0 Å². The summed E-state index contributed by atoms with van der Waals surface area (Å²) in [7, 11) is 0. The summed E-state index contributed by atoms with van der Waals surface area (Å²) in [6, 6.07) is 10.5. The topological polar surface area (TPSA) is 88.2 Å². The van der Waals surface area contributed by atoms with E-state index in [1.165, 1.54) is 24.3 Å². The van der Waals surface area contributed by atoms with E-state index in [1.54, 1.807) is 4.90 Å². The lowest BCUT2D eigenvalue weighted by molar-refractivity contribution is -0.139. The van der Waals surface area contributed by atoms with Crippen molar-refractivity contribution in [3.63, 3.8) is 0 Å². The predicted molar refractivity (Wildman–Crippen MR) is 129 cm³/mol. The summed E-state index contributed by atoms with van der Waals surface area (Å²) in [5, 5.41) is 2.82. The molecule has 9 heteroatoms. The molecule has 2 fully saturated rings. The van der Waals surface area contributed by atoms with Crippen molar-refractivity contribution in [3.8, 4) is 11.5 Å². The van der Waals surface area contributed by atoms with Crippen molar-refractivity contribution in [2.45, 2.75) is 50.6 Å². The van der Waals surface area contributed by atoms with Crippen LogP contribution in [0.3, 0.4) is 0 Å². The van der Waals surface area contributed by atoms with Crippen LogP contribution < -0.4 is 14.8 Å². The molecule has 0 bridgehead atoms. The molecule has 36 heavy (non-hydrogen) atoms. The molecule has 3 aliphatic heterocycles. The molecule has 0 unspecified atom stereocenters. The molecule has 2 saturated heterocycles. The van der Waals surface area contributed by atoms with Gasteiger partial charge in [-0.3, -0.25) is 14.5 Å². The minimum absolute atomic E-state index is 0.170. The summed E-state index contributed by atoms with van der Waals surface area (Å²) in [5.74, 6) is 0.154. The molecule has 0 radical (unpaired) electrons. The Morgan fingerprint density at radius 1 is 1.11 bits per heavy atom. The Balaban J connectivity index is 1.36. The lowest BCUT2D eigenvalue weighted by Crippen LogP contribution is -2.45. The first-order chi connectivity index (χ1) is 17.4. The third-order valence-electron chi connectivity index (χ3n) is 7.24. The number of nitrogens with zero attached hydrogens (tertiary/aromatic N) is 2. The first-order valence-corrected chi connectivity index (χ1v) is 12.5. The van der Waals surface area contributed by atoms with Gasteiger partial charge in [-0.1, -0.05) is 38.0 Å². The zero-order chi connectivity index (χ0) is 25.3. The number of rotatable bonds is 7. The molecule has 2 atom stereocenters. The van der Waals surface area contributed by atoms with E-state index in [1.807, 2.05) is 25.1 Å². The van der Waals surface area contributed by atoms with E-state index < -0.39 is 23.3 Å². The van der Waals surface area contributed by atoms with Crippen LogP contribution in [-0.2, 0) is 15.1 Å². The number of hydrogen-bond donors (Lipinski definition) is 1. The quantitative estimate of drug-likeness (QED) is 0.589. The van der Waals surface area contributed by atoms with E-state index in [-0.39, 0.29) is 18.5 Å². The van der Waals surface area contributed by atoms with E-state index in [0.717, 1.165) is 29.7 Å². The fourth-order valence-corrected chi connectivity index (χ4v) is 5.36. The number of benzene rings is 2. The maximum Gasteiger partial charge on any atom is 0.325 e. The van der Waals surface area contributed by atoms with Crippen LogP contribution in [0.2, 0.25) is 0 Å². The molecule has 190 valence electrons. The maximum absolute atomic E-state index is 13.6. The molecule has 8 nitrogen and oxygen atoms in total. The van der Waals surface area contributed by atoms with E-state index in [9.17, 15) is 18.8 Å². The van der Waals surface area contributed by atoms with Crippen molar-refractivity contribution in [1.82, 2.24) is 15.1 Å². The number of imide groups is 1. The Morgan fingerprint density at radius 2 is 1.86 bits per heavy atom. The van der Waals surface area contributed by atoms with Crippen molar-refractivity contribution >= 4 is 17.8 Å². The molecule has 1 N–H and O–H groups in total. The van der Waals surface area contributed by atoms with Gasteiger partial charge in [-0.25, -0.2) is 9.18 Å². The summed E-state index contributed by atoms with van der Waals surface area (Å²) in [5.41, 5.74) is 0.147. The highest BCUT2D eigenvalue weighted by molar-refractivity contribution is 6.09. The average molecular weight is 496 g/mol. The van der Waals surface area contributed by atoms with Crippen LogP contribution in [0.15, 0.2) is 42.5 Å². The van der Waals surface area contributed by atoms with Gasteiger partial charge in [0.05, 0.1) is 6.04 Å². The smallest absolute Gasteiger partial charge is 0.325 e. The van der Waals surface area contributed by atoms with Gasteiger partial charge in [-0.2, -0.15) is 0 Å².